The summed E-state index contributed by atoms with van der Waals surface area (Å²) in [6.45, 7) is -0.274. The molecule has 1 aliphatic rings. The summed E-state index contributed by atoms with van der Waals surface area (Å²) in [4.78, 5) is 22.2. The zero-order valence-electron chi connectivity index (χ0n) is 8.01. The van der Waals surface area contributed by atoms with Gasteiger partial charge in [0.15, 0.2) is 6.61 Å². The summed E-state index contributed by atoms with van der Waals surface area (Å²) in [7, 11) is 0. The van der Waals surface area contributed by atoms with Gasteiger partial charge in [0.1, 0.15) is 0 Å². The summed E-state index contributed by atoms with van der Waals surface area (Å²) in [6.07, 6.45) is -0.431. The first kappa shape index (κ1) is 9.71. The summed E-state index contributed by atoms with van der Waals surface area (Å²) in [5.41, 5.74) is 0.939. The van der Waals surface area contributed by atoms with Crippen LogP contribution in [0.3, 0.4) is 0 Å². The second-order valence-corrected chi connectivity index (χ2v) is 3.28. The molecule has 1 aromatic rings. The number of carbonyl (C=O) groups excluding carboxylic acids is 2. The number of hydrogen-bond donors (Lipinski definition) is 0. The smallest absolute Gasteiger partial charge is 0.348 e. The second-order valence-electron chi connectivity index (χ2n) is 3.28. The highest BCUT2D eigenvalue weighted by atomic mass is 16.6. The number of carbonyl (C=O) groups is 2. The summed E-state index contributed by atoms with van der Waals surface area (Å²) in [5.74, 6) is -0.964. The molecule has 1 atom stereocenters. The summed E-state index contributed by atoms with van der Waals surface area (Å²) in [5, 5.41) is 0. The Kier molecular flexibility index (Phi) is 2.67. The Morgan fingerprint density at radius 1 is 1.20 bits per heavy atom. The Hall–Kier alpha value is -1.84. The first-order valence-corrected chi connectivity index (χ1v) is 4.66. The predicted octanol–water partition coefficient (Wildman–Crippen LogP) is 0.698. The van der Waals surface area contributed by atoms with Gasteiger partial charge in [-0.2, -0.15) is 0 Å². The molecule has 0 amide bonds. The van der Waals surface area contributed by atoms with Crippen LogP contribution < -0.4 is 0 Å². The third-order valence-electron chi connectivity index (χ3n) is 2.13. The molecule has 0 aromatic heterocycles. The van der Waals surface area contributed by atoms with E-state index in [-0.39, 0.29) is 6.61 Å². The molecule has 1 aliphatic heterocycles. The Labute approximate surface area is 86.8 Å². The molecular weight excluding hydrogens is 196 g/mol. The van der Waals surface area contributed by atoms with Crippen molar-refractivity contribution in [3.8, 4) is 0 Å². The molecule has 78 valence electrons. The molecular formula is C11H10O4. The highest BCUT2D eigenvalue weighted by Crippen LogP contribution is 2.11. The van der Waals surface area contributed by atoms with Crippen LogP contribution in [0.5, 0.6) is 0 Å². The van der Waals surface area contributed by atoms with Gasteiger partial charge in [-0.05, 0) is 5.56 Å². The van der Waals surface area contributed by atoms with E-state index in [2.05, 4.69) is 4.74 Å². The van der Waals surface area contributed by atoms with Gasteiger partial charge in [0.2, 0.25) is 6.10 Å². The summed E-state index contributed by atoms with van der Waals surface area (Å²) >= 11 is 0. The van der Waals surface area contributed by atoms with Gasteiger partial charge in [-0.1, -0.05) is 30.3 Å². The van der Waals surface area contributed by atoms with Gasteiger partial charge in [-0.15, -0.1) is 0 Å². The molecule has 1 unspecified atom stereocenters. The van der Waals surface area contributed by atoms with Crippen LogP contribution in [0.15, 0.2) is 30.3 Å². The van der Waals surface area contributed by atoms with Crippen molar-refractivity contribution in [1.29, 1.82) is 0 Å². The molecule has 4 nitrogen and oxygen atoms in total. The minimum atomic E-state index is -0.798. The Balaban J connectivity index is 2.05. The lowest BCUT2D eigenvalue weighted by atomic mass is 10.1. The minimum Gasteiger partial charge on any atom is -0.451 e. The van der Waals surface area contributed by atoms with Crippen molar-refractivity contribution in [2.45, 2.75) is 12.5 Å². The molecule has 1 saturated heterocycles. The van der Waals surface area contributed by atoms with Gasteiger partial charge in [0.05, 0.1) is 0 Å². The van der Waals surface area contributed by atoms with Crippen LogP contribution in [0, 0.1) is 0 Å². The van der Waals surface area contributed by atoms with E-state index in [1.807, 2.05) is 30.3 Å². The molecule has 0 radical (unpaired) electrons. The van der Waals surface area contributed by atoms with Crippen LogP contribution in [0.4, 0.5) is 0 Å². The van der Waals surface area contributed by atoms with Crippen LogP contribution in [-0.2, 0) is 25.5 Å². The number of cyclic esters (lactones) is 2. The highest BCUT2D eigenvalue weighted by molar-refractivity contribution is 5.85. The lowest BCUT2D eigenvalue weighted by molar-refractivity contribution is -0.184. The van der Waals surface area contributed by atoms with E-state index in [0.717, 1.165) is 5.56 Å². The van der Waals surface area contributed by atoms with Crippen molar-refractivity contribution in [2.24, 2.45) is 0 Å². The van der Waals surface area contributed by atoms with Crippen LogP contribution in [0.25, 0.3) is 0 Å². The average molecular weight is 206 g/mol. The molecule has 1 aromatic carbocycles. The first-order valence-electron chi connectivity index (χ1n) is 4.66. The largest absolute Gasteiger partial charge is 0.451 e. The fourth-order valence-electron chi connectivity index (χ4n) is 1.42. The Bertz CT molecular complexity index is 371. The van der Waals surface area contributed by atoms with Gasteiger partial charge in [0, 0.05) is 6.42 Å². The quantitative estimate of drug-likeness (QED) is 0.668. The Morgan fingerprint density at radius 3 is 2.67 bits per heavy atom. The van der Waals surface area contributed by atoms with Gasteiger partial charge in [-0.25, -0.2) is 9.59 Å². The molecule has 1 fully saturated rings. The van der Waals surface area contributed by atoms with E-state index in [9.17, 15) is 9.59 Å². The maximum Gasteiger partial charge on any atom is 0.348 e. The zero-order chi connectivity index (χ0) is 10.7. The van der Waals surface area contributed by atoms with E-state index in [4.69, 9.17) is 4.74 Å². The molecule has 15 heavy (non-hydrogen) atoms. The monoisotopic (exact) mass is 206 g/mol. The van der Waals surface area contributed by atoms with Crippen LogP contribution >= 0.6 is 0 Å². The number of benzene rings is 1. The second kappa shape index (κ2) is 4.13. The zero-order valence-corrected chi connectivity index (χ0v) is 8.01. The van der Waals surface area contributed by atoms with E-state index < -0.39 is 18.0 Å². The van der Waals surface area contributed by atoms with Crippen LogP contribution in [0.2, 0.25) is 0 Å². The standard InChI is InChI=1S/C11H10O4/c12-10-7-14-11(13)9(15-10)6-8-4-2-1-3-5-8/h1-5,9H,6-7H2. The normalized spacial score (nSPS) is 20.7. The summed E-state index contributed by atoms with van der Waals surface area (Å²) < 4.78 is 9.55. The van der Waals surface area contributed by atoms with Crippen molar-refractivity contribution < 1.29 is 19.1 Å². The van der Waals surface area contributed by atoms with Crippen molar-refractivity contribution in [3.05, 3.63) is 35.9 Å². The molecule has 2 rings (SSSR count). The van der Waals surface area contributed by atoms with Crippen LogP contribution in [-0.4, -0.2) is 24.6 Å². The number of ether oxygens (including phenoxy) is 2. The fraction of sp³-hybridized carbons (Fsp3) is 0.273. The third kappa shape index (κ3) is 2.34. The third-order valence-corrected chi connectivity index (χ3v) is 2.13. The van der Waals surface area contributed by atoms with Gasteiger partial charge in [-0.3, -0.25) is 0 Å². The molecule has 0 bridgehead atoms. The predicted molar refractivity (Wildman–Crippen MR) is 51.0 cm³/mol. The van der Waals surface area contributed by atoms with Crippen molar-refractivity contribution >= 4 is 11.9 Å². The number of rotatable bonds is 2. The van der Waals surface area contributed by atoms with E-state index in [1.54, 1.807) is 0 Å². The molecule has 0 N–H and O–H groups in total. The maximum atomic E-state index is 11.2. The highest BCUT2D eigenvalue weighted by Gasteiger charge is 2.30. The first-order chi connectivity index (χ1) is 7.25. The van der Waals surface area contributed by atoms with Crippen molar-refractivity contribution in [1.82, 2.24) is 0 Å². The van der Waals surface area contributed by atoms with E-state index >= 15 is 0 Å². The molecule has 0 saturated carbocycles. The van der Waals surface area contributed by atoms with Gasteiger partial charge in [0.25, 0.3) is 0 Å². The fourth-order valence-corrected chi connectivity index (χ4v) is 1.42. The topological polar surface area (TPSA) is 52.6 Å². The van der Waals surface area contributed by atoms with Gasteiger partial charge < -0.3 is 9.47 Å². The number of esters is 2. The molecule has 0 spiro atoms. The molecule has 0 aliphatic carbocycles. The lowest BCUT2D eigenvalue weighted by Crippen LogP contribution is -2.38. The molecule has 1 heterocycles. The van der Waals surface area contributed by atoms with Crippen molar-refractivity contribution in [2.75, 3.05) is 6.61 Å². The number of hydrogen-bond acceptors (Lipinski definition) is 4. The Morgan fingerprint density at radius 2 is 1.93 bits per heavy atom. The average Bonchev–Trinajstić information content (AvgIpc) is 2.25. The minimum absolute atomic E-state index is 0.274. The van der Waals surface area contributed by atoms with E-state index in [0.29, 0.717) is 6.42 Å². The summed E-state index contributed by atoms with van der Waals surface area (Å²) in [6, 6.07) is 9.36. The van der Waals surface area contributed by atoms with Gasteiger partial charge >= 0.3 is 11.9 Å². The maximum absolute atomic E-state index is 11.2. The van der Waals surface area contributed by atoms with Crippen LogP contribution in [0.1, 0.15) is 5.56 Å². The molecule has 4 heteroatoms. The van der Waals surface area contributed by atoms with Crippen molar-refractivity contribution in [3.63, 3.8) is 0 Å². The SMILES string of the molecule is O=C1COC(=O)C(Cc2ccccc2)O1. The lowest BCUT2D eigenvalue weighted by Gasteiger charge is -2.21. The van der Waals surface area contributed by atoms with E-state index in [1.165, 1.54) is 0 Å².